The molecule has 0 radical (unpaired) electrons. The third-order valence-corrected chi connectivity index (χ3v) is 7.37. The number of rotatable bonds is 13. The van der Waals surface area contributed by atoms with E-state index in [1.54, 1.807) is 28.4 Å². The van der Waals surface area contributed by atoms with Crippen LogP contribution in [-0.2, 0) is 28.9 Å². The number of methoxy groups -OCH3 is 4. The largest absolute Gasteiger partial charge is 1.00 e. The van der Waals surface area contributed by atoms with Gasteiger partial charge in [0.15, 0.2) is 35.7 Å². The second-order valence-corrected chi connectivity index (χ2v) is 9.60. The molecule has 0 amide bonds. The van der Waals surface area contributed by atoms with Crippen LogP contribution in [-0.4, -0.2) is 41.0 Å². The van der Waals surface area contributed by atoms with Crippen LogP contribution in [0.1, 0.15) is 56.6 Å². The summed E-state index contributed by atoms with van der Waals surface area (Å²) >= 11 is 0. The van der Waals surface area contributed by atoms with E-state index >= 15 is 0 Å². The summed E-state index contributed by atoms with van der Waals surface area (Å²) in [4.78, 5) is 11.6. The zero-order valence-corrected chi connectivity index (χ0v) is 24.5. The van der Waals surface area contributed by atoms with Crippen molar-refractivity contribution in [2.24, 2.45) is 0 Å². The summed E-state index contributed by atoms with van der Waals surface area (Å²) < 4.78 is 30.1. The van der Waals surface area contributed by atoms with Crippen molar-refractivity contribution >= 4 is 16.7 Å². The molecule has 0 bridgehead atoms. The lowest BCUT2D eigenvalue weighted by molar-refractivity contribution is -0.686. The van der Waals surface area contributed by atoms with E-state index in [0.29, 0.717) is 13.0 Å². The van der Waals surface area contributed by atoms with Crippen LogP contribution in [0.4, 0.5) is 0 Å². The van der Waals surface area contributed by atoms with Gasteiger partial charge in [-0.25, -0.2) is 0 Å². The van der Waals surface area contributed by atoms with Crippen molar-refractivity contribution in [3.8, 4) is 34.3 Å². The Labute approximate surface area is 237 Å². The van der Waals surface area contributed by atoms with Gasteiger partial charge in [-0.3, -0.25) is 4.79 Å². The molecular formula is C31H40ClNO6. The molecule has 0 fully saturated rings. The first kappa shape index (κ1) is 30.4. The maximum atomic E-state index is 11.6. The molecule has 0 saturated heterocycles. The molecule has 39 heavy (non-hydrogen) atoms. The number of hydrogen-bond donors (Lipinski definition) is 0. The average Bonchev–Trinajstić information content (AvgIpc) is 2.94. The number of ether oxygens (including phenoxy) is 5. The van der Waals surface area contributed by atoms with Gasteiger partial charge in [-0.15, -0.1) is 0 Å². The predicted octanol–water partition coefficient (Wildman–Crippen LogP) is 2.84. The van der Waals surface area contributed by atoms with E-state index in [1.807, 2.05) is 13.0 Å². The Bertz CT molecular complexity index is 1290. The molecule has 0 atom stereocenters. The van der Waals surface area contributed by atoms with Gasteiger partial charge in [-0.05, 0) is 56.0 Å². The van der Waals surface area contributed by atoms with E-state index in [9.17, 15) is 4.79 Å². The number of hydrogen-bond acceptors (Lipinski definition) is 6. The van der Waals surface area contributed by atoms with Crippen LogP contribution in [0.25, 0.3) is 22.0 Å². The first-order valence-electron chi connectivity index (χ1n) is 13.6. The number of esters is 1. The number of carbonyl (C=O) groups is 1. The lowest BCUT2D eigenvalue weighted by Crippen LogP contribution is -3.00. The van der Waals surface area contributed by atoms with Crippen molar-refractivity contribution in [2.75, 3.05) is 35.0 Å². The maximum Gasteiger partial charge on any atom is 0.305 e. The molecule has 1 aromatic heterocycles. The van der Waals surface area contributed by atoms with E-state index in [-0.39, 0.29) is 18.4 Å². The van der Waals surface area contributed by atoms with E-state index in [2.05, 4.69) is 29.0 Å². The molecule has 0 spiro atoms. The summed E-state index contributed by atoms with van der Waals surface area (Å²) in [5.74, 6) is 2.90. The van der Waals surface area contributed by atoms with Gasteiger partial charge in [-0.1, -0.05) is 19.3 Å². The SMILES string of the molecule is CCOC(=O)CCCCCCCc1c2[n+](cc3c(OC)c(OC)ccc13)CCc1cc(OC)c(OC)cc1-2.[Cl-]. The Morgan fingerprint density at radius 1 is 0.846 bits per heavy atom. The van der Waals surface area contributed by atoms with Gasteiger partial charge in [-0.2, -0.15) is 4.57 Å². The molecule has 0 aliphatic carbocycles. The minimum atomic E-state index is -0.0954. The van der Waals surface area contributed by atoms with Crippen molar-refractivity contribution in [3.63, 3.8) is 0 Å². The lowest BCUT2D eigenvalue weighted by atomic mass is 9.89. The zero-order valence-electron chi connectivity index (χ0n) is 23.7. The summed E-state index contributed by atoms with van der Waals surface area (Å²) in [6.07, 6.45) is 9.72. The number of nitrogens with zero attached hydrogens (tertiary/aromatic N) is 1. The maximum absolute atomic E-state index is 11.6. The normalized spacial score (nSPS) is 11.7. The Morgan fingerprint density at radius 2 is 1.54 bits per heavy atom. The fourth-order valence-electron chi connectivity index (χ4n) is 5.53. The minimum absolute atomic E-state index is 0. The van der Waals surface area contributed by atoms with Gasteiger partial charge < -0.3 is 36.1 Å². The molecule has 1 aliphatic heterocycles. The third kappa shape index (κ3) is 6.52. The van der Waals surface area contributed by atoms with E-state index < -0.39 is 0 Å². The molecule has 4 rings (SSSR count). The number of aryl methyl sites for hydroxylation is 3. The topological polar surface area (TPSA) is 67.1 Å². The van der Waals surface area contributed by atoms with Gasteiger partial charge in [0.25, 0.3) is 0 Å². The number of unbranched alkanes of at least 4 members (excludes halogenated alkanes) is 4. The molecule has 2 aromatic carbocycles. The number of aromatic nitrogens is 1. The second-order valence-electron chi connectivity index (χ2n) is 9.60. The van der Waals surface area contributed by atoms with Crippen LogP contribution < -0.4 is 35.9 Å². The van der Waals surface area contributed by atoms with Crippen molar-refractivity contribution in [3.05, 3.63) is 41.6 Å². The van der Waals surface area contributed by atoms with Crippen molar-refractivity contribution in [1.82, 2.24) is 0 Å². The fraction of sp³-hybridized carbons (Fsp3) is 0.484. The van der Waals surface area contributed by atoms with Crippen LogP contribution in [0.15, 0.2) is 30.5 Å². The summed E-state index contributed by atoms with van der Waals surface area (Å²) in [7, 11) is 6.74. The van der Waals surface area contributed by atoms with E-state index in [4.69, 9.17) is 23.7 Å². The molecule has 0 N–H and O–H groups in total. The number of fused-ring (bicyclic) bond motifs is 4. The second kappa shape index (κ2) is 14.3. The number of halogens is 1. The highest BCUT2D eigenvalue weighted by Gasteiger charge is 2.31. The Hall–Kier alpha value is -3.19. The number of carbonyl (C=O) groups excluding carboxylic acids is 1. The molecule has 2 heterocycles. The minimum Gasteiger partial charge on any atom is -1.00 e. The van der Waals surface area contributed by atoms with Crippen LogP contribution >= 0.6 is 0 Å². The van der Waals surface area contributed by atoms with Crippen molar-refractivity contribution < 1.29 is 45.5 Å². The molecule has 0 unspecified atom stereocenters. The number of benzene rings is 2. The highest BCUT2D eigenvalue weighted by Crippen LogP contribution is 2.42. The highest BCUT2D eigenvalue weighted by molar-refractivity contribution is 5.95. The molecule has 8 heteroatoms. The highest BCUT2D eigenvalue weighted by atomic mass is 35.5. The smallest absolute Gasteiger partial charge is 0.305 e. The zero-order chi connectivity index (χ0) is 27.1. The summed E-state index contributed by atoms with van der Waals surface area (Å²) in [6, 6.07) is 8.38. The summed E-state index contributed by atoms with van der Waals surface area (Å²) in [5, 5.41) is 2.24. The average molecular weight is 558 g/mol. The fourth-order valence-corrected chi connectivity index (χ4v) is 5.53. The Morgan fingerprint density at radius 3 is 2.23 bits per heavy atom. The Balaban J connectivity index is 0.00000420. The van der Waals surface area contributed by atoms with Crippen LogP contribution in [0.5, 0.6) is 23.0 Å². The van der Waals surface area contributed by atoms with E-state index in [1.165, 1.54) is 27.8 Å². The van der Waals surface area contributed by atoms with Crippen molar-refractivity contribution in [2.45, 2.75) is 64.8 Å². The quantitative estimate of drug-likeness (QED) is 0.183. The van der Waals surface area contributed by atoms with Gasteiger partial charge >= 0.3 is 5.97 Å². The van der Waals surface area contributed by atoms with Gasteiger partial charge in [0.05, 0.1) is 46.0 Å². The van der Waals surface area contributed by atoms with Crippen LogP contribution in [0.2, 0.25) is 0 Å². The van der Waals surface area contributed by atoms with Gasteiger partial charge in [0, 0.05) is 23.8 Å². The number of pyridine rings is 1. The van der Waals surface area contributed by atoms with E-state index in [0.717, 1.165) is 79.9 Å². The molecule has 7 nitrogen and oxygen atoms in total. The monoisotopic (exact) mass is 557 g/mol. The van der Waals surface area contributed by atoms with Crippen molar-refractivity contribution in [1.29, 1.82) is 0 Å². The Kier molecular flexibility index (Phi) is 11.1. The van der Waals surface area contributed by atoms with Crippen LogP contribution in [0, 0.1) is 0 Å². The lowest BCUT2D eigenvalue weighted by Gasteiger charge is -2.22. The third-order valence-electron chi connectivity index (χ3n) is 7.37. The molecular weight excluding hydrogens is 518 g/mol. The first-order chi connectivity index (χ1) is 18.6. The molecule has 212 valence electrons. The molecule has 1 aliphatic rings. The van der Waals surface area contributed by atoms with Crippen LogP contribution in [0.3, 0.4) is 0 Å². The van der Waals surface area contributed by atoms with Gasteiger partial charge in [0.1, 0.15) is 0 Å². The molecule has 3 aromatic rings. The summed E-state index contributed by atoms with van der Waals surface area (Å²) in [5.41, 5.74) is 5.00. The molecule has 0 saturated carbocycles. The standard InChI is InChI=1S/C31H40NO6.ClH/c1-6-38-29(33)13-11-9-7-8-10-12-23-22-14-15-26(34-2)31(37-5)25(22)20-32-17-16-21-18-27(35-3)28(36-4)19-24(21)30(23)32;/h14-15,18-20H,6-13,16-17H2,1-5H3;1H/q+1;/p-1. The predicted molar refractivity (Wildman–Crippen MR) is 148 cm³/mol. The van der Waals surface area contributed by atoms with Gasteiger partial charge in [0.2, 0.25) is 5.69 Å². The first-order valence-corrected chi connectivity index (χ1v) is 13.6. The summed E-state index contributed by atoms with van der Waals surface area (Å²) in [6.45, 7) is 3.17.